The molecule has 4 aliphatic carbocycles. The molecule has 3 nitrogen and oxygen atoms in total. The summed E-state index contributed by atoms with van der Waals surface area (Å²) in [5, 5.41) is 20.9. The van der Waals surface area contributed by atoms with Crippen LogP contribution in [0.25, 0.3) is 0 Å². The molecule has 26 heavy (non-hydrogen) atoms. The average Bonchev–Trinajstić information content (AvgIpc) is 2.86. The third-order valence-electron chi connectivity index (χ3n) is 8.46. The van der Waals surface area contributed by atoms with Gasteiger partial charge in [0, 0.05) is 18.4 Å². The maximum Gasteiger partial charge on any atom is 0.115 e. The molecule has 1 aromatic rings. The Hall–Kier alpha value is -1.32. The van der Waals surface area contributed by atoms with Crippen molar-refractivity contribution >= 4 is 0 Å². The quantitative estimate of drug-likeness (QED) is 0.776. The topological polar surface area (TPSA) is 49.7 Å². The Kier molecular flexibility index (Phi) is 3.62. The highest BCUT2D eigenvalue weighted by Gasteiger charge is 2.58. The van der Waals surface area contributed by atoms with E-state index in [1.165, 1.54) is 11.1 Å². The summed E-state index contributed by atoms with van der Waals surface area (Å²) in [6, 6.07) is 6.03. The van der Waals surface area contributed by atoms with Gasteiger partial charge in [-0.25, -0.2) is 0 Å². The van der Waals surface area contributed by atoms with E-state index in [0.717, 1.165) is 38.7 Å². The van der Waals surface area contributed by atoms with Crippen LogP contribution >= 0.6 is 0 Å². The largest absolute Gasteiger partial charge is 0.508 e. The number of hydrogen-bond donors (Lipinski definition) is 2. The Morgan fingerprint density at radius 3 is 2.77 bits per heavy atom. The molecule has 0 amide bonds. The van der Waals surface area contributed by atoms with Crippen LogP contribution in [0.2, 0.25) is 0 Å². The van der Waals surface area contributed by atoms with Crippen molar-refractivity contribution in [3.05, 3.63) is 41.5 Å². The van der Waals surface area contributed by atoms with Crippen molar-refractivity contribution in [2.75, 3.05) is 13.7 Å². The molecule has 2 fully saturated rings. The average molecular weight is 354 g/mol. The Balaban J connectivity index is 1.65. The van der Waals surface area contributed by atoms with Crippen molar-refractivity contribution in [2.24, 2.45) is 22.7 Å². The number of benzene rings is 1. The standard InChI is InChI=1S/C23H30O3/c1-22-9-7-16-15-4-3-14(24)11-17(15)20-8-10-23(20,13-26-2)12-18(16)19(22)5-6-21(22)25/h3-4,8,10-11,16,18-21,24-25H,5-7,9,12-13H2,1-2H3/t16?,18?,19?,20?,21?,22-,23?/m0/s1. The minimum atomic E-state index is -0.151. The number of hydrogen-bond acceptors (Lipinski definition) is 3. The zero-order chi connectivity index (χ0) is 18.1. The third kappa shape index (κ3) is 2.07. The number of fused-ring (bicyclic) bond motifs is 7. The molecule has 5 rings (SSSR count). The van der Waals surface area contributed by atoms with Gasteiger partial charge < -0.3 is 14.9 Å². The lowest BCUT2D eigenvalue weighted by Crippen LogP contribution is -2.45. The van der Waals surface area contributed by atoms with E-state index >= 15 is 0 Å². The zero-order valence-electron chi connectivity index (χ0n) is 15.8. The molecule has 0 saturated heterocycles. The first-order chi connectivity index (χ1) is 12.5. The molecule has 0 aliphatic heterocycles. The lowest BCUT2D eigenvalue weighted by Gasteiger charge is -2.50. The summed E-state index contributed by atoms with van der Waals surface area (Å²) in [6.07, 6.45) is 9.98. The number of methoxy groups -OCH3 is 1. The first-order valence-corrected chi connectivity index (χ1v) is 10.2. The van der Waals surface area contributed by atoms with Gasteiger partial charge in [0.05, 0.1) is 12.7 Å². The monoisotopic (exact) mass is 354 g/mol. The fraction of sp³-hybridized carbons (Fsp3) is 0.652. The van der Waals surface area contributed by atoms with Gasteiger partial charge in [0.15, 0.2) is 0 Å². The normalized spacial score (nSPS) is 45.7. The maximum atomic E-state index is 10.7. The second-order valence-electron chi connectivity index (χ2n) is 9.53. The van der Waals surface area contributed by atoms with Crippen molar-refractivity contribution < 1.29 is 14.9 Å². The SMILES string of the molecule is COCC12C=CC1c1cc(O)ccc1C1CC[C@]3(C)C(O)CCC3C1C2. The molecule has 0 radical (unpaired) electrons. The van der Waals surface area contributed by atoms with Gasteiger partial charge in [0.25, 0.3) is 0 Å². The van der Waals surface area contributed by atoms with Crippen molar-refractivity contribution in [3.63, 3.8) is 0 Å². The molecule has 2 N–H and O–H groups in total. The highest BCUT2D eigenvalue weighted by Crippen LogP contribution is 2.66. The summed E-state index contributed by atoms with van der Waals surface area (Å²) in [5.41, 5.74) is 2.85. The molecular weight excluding hydrogens is 324 g/mol. The molecule has 3 heteroatoms. The summed E-state index contributed by atoms with van der Waals surface area (Å²) in [6.45, 7) is 3.06. The Morgan fingerprint density at radius 1 is 1.19 bits per heavy atom. The van der Waals surface area contributed by atoms with E-state index in [0.29, 0.717) is 29.4 Å². The first kappa shape index (κ1) is 16.8. The number of aromatic hydroxyl groups is 1. The second-order valence-corrected chi connectivity index (χ2v) is 9.53. The van der Waals surface area contributed by atoms with Gasteiger partial charge in [-0.15, -0.1) is 0 Å². The van der Waals surface area contributed by atoms with Crippen molar-refractivity contribution in [1.82, 2.24) is 0 Å². The molecule has 2 saturated carbocycles. The molecule has 0 aromatic heterocycles. The number of aliphatic hydroxyl groups is 1. The van der Waals surface area contributed by atoms with Gasteiger partial charge in [0.1, 0.15) is 5.75 Å². The van der Waals surface area contributed by atoms with E-state index in [1.807, 2.05) is 12.1 Å². The molecule has 1 aromatic carbocycles. The van der Waals surface area contributed by atoms with Crippen molar-refractivity contribution in [2.45, 2.75) is 57.0 Å². The summed E-state index contributed by atoms with van der Waals surface area (Å²) < 4.78 is 5.68. The maximum absolute atomic E-state index is 10.7. The molecule has 0 bridgehead atoms. The van der Waals surface area contributed by atoms with Crippen LogP contribution in [0.5, 0.6) is 5.75 Å². The van der Waals surface area contributed by atoms with E-state index in [1.54, 1.807) is 7.11 Å². The van der Waals surface area contributed by atoms with Crippen LogP contribution in [-0.4, -0.2) is 30.0 Å². The number of phenols is 1. The third-order valence-corrected chi connectivity index (χ3v) is 8.46. The van der Waals surface area contributed by atoms with E-state index in [2.05, 4.69) is 25.1 Å². The molecule has 0 heterocycles. The van der Waals surface area contributed by atoms with E-state index in [4.69, 9.17) is 4.74 Å². The van der Waals surface area contributed by atoms with E-state index in [-0.39, 0.29) is 16.9 Å². The van der Waals surface area contributed by atoms with Gasteiger partial charge in [-0.05, 0) is 78.5 Å². The number of rotatable bonds is 2. The van der Waals surface area contributed by atoms with E-state index < -0.39 is 0 Å². The van der Waals surface area contributed by atoms with Gasteiger partial charge in [-0.1, -0.05) is 25.1 Å². The van der Waals surface area contributed by atoms with Crippen LogP contribution in [0.3, 0.4) is 0 Å². The molecule has 6 unspecified atom stereocenters. The minimum Gasteiger partial charge on any atom is -0.508 e. The smallest absolute Gasteiger partial charge is 0.115 e. The van der Waals surface area contributed by atoms with E-state index in [9.17, 15) is 10.2 Å². The van der Waals surface area contributed by atoms with Gasteiger partial charge in [-0.2, -0.15) is 0 Å². The Bertz CT molecular complexity index is 756. The summed E-state index contributed by atoms with van der Waals surface area (Å²) in [7, 11) is 1.80. The van der Waals surface area contributed by atoms with Gasteiger partial charge in [-0.3, -0.25) is 0 Å². The number of phenolic OH excluding ortho intramolecular Hbond substituents is 1. The Labute approximate surface area is 156 Å². The van der Waals surface area contributed by atoms with Crippen molar-refractivity contribution in [3.8, 4) is 5.75 Å². The molecule has 7 atom stereocenters. The first-order valence-electron chi connectivity index (χ1n) is 10.2. The molecule has 140 valence electrons. The highest BCUT2D eigenvalue weighted by atomic mass is 16.5. The predicted octanol–water partition coefficient (Wildman–Crippen LogP) is 4.35. The molecule has 0 spiro atoms. The van der Waals surface area contributed by atoms with Crippen molar-refractivity contribution in [1.29, 1.82) is 0 Å². The summed E-state index contributed by atoms with van der Waals surface area (Å²) in [5.74, 6) is 2.41. The fourth-order valence-corrected chi connectivity index (χ4v) is 7.08. The molecular formula is C23H30O3. The van der Waals surface area contributed by atoms with Gasteiger partial charge in [0.2, 0.25) is 0 Å². The minimum absolute atomic E-state index is 0.0441. The molecule has 4 aliphatic rings. The fourth-order valence-electron chi connectivity index (χ4n) is 7.08. The Morgan fingerprint density at radius 2 is 2.04 bits per heavy atom. The zero-order valence-corrected chi connectivity index (χ0v) is 15.8. The number of allylic oxidation sites excluding steroid dienone is 1. The second kappa shape index (κ2) is 5.59. The predicted molar refractivity (Wildman–Crippen MR) is 101 cm³/mol. The number of aliphatic hydroxyl groups excluding tert-OH is 1. The van der Waals surface area contributed by atoms with Crippen LogP contribution in [0.1, 0.15) is 62.0 Å². The van der Waals surface area contributed by atoms with Crippen LogP contribution < -0.4 is 0 Å². The van der Waals surface area contributed by atoms with Crippen LogP contribution in [0.15, 0.2) is 30.4 Å². The highest BCUT2D eigenvalue weighted by molar-refractivity contribution is 5.48. The summed E-state index contributed by atoms with van der Waals surface area (Å²) in [4.78, 5) is 0. The van der Waals surface area contributed by atoms with Crippen LogP contribution in [0.4, 0.5) is 0 Å². The number of ether oxygens (including phenoxy) is 1. The lowest BCUT2D eigenvalue weighted by atomic mass is 9.55. The summed E-state index contributed by atoms with van der Waals surface area (Å²) >= 11 is 0. The van der Waals surface area contributed by atoms with Crippen LogP contribution in [-0.2, 0) is 4.74 Å². The lowest BCUT2D eigenvalue weighted by molar-refractivity contribution is -0.0347. The van der Waals surface area contributed by atoms with Gasteiger partial charge >= 0.3 is 0 Å². The van der Waals surface area contributed by atoms with Crippen LogP contribution in [0, 0.1) is 22.7 Å².